The summed E-state index contributed by atoms with van der Waals surface area (Å²) in [6, 6.07) is 13.2. The number of anilines is 1. The number of benzene rings is 2. The van der Waals surface area contributed by atoms with Crippen molar-refractivity contribution in [3.8, 4) is 5.75 Å². The second-order valence-corrected chi connectivity index (χ2v) is 7.56. The van der Waals surface area contributed by atoms with E-state index in [0.717, 1.165) is 27.0 Å². The van der Waals surface area contributed by atoms with Gasteiger partial charge in [0.05, 0.1) is 18.7 Å². The summed E-state index contributed by atoms with van der Waals surface area (Å²) in [4.78, 5) is 25.6. The number of carbonyl (C=O) groups is 1. The van der Waals surface area contributed by atoms with Crippen LogP contribution in [0.5, 0.6) is 5.75 Å². The first-order valence-electron chi connectivity index (χ1n) is 10.1. The molecule has 2 aromatic heterocycles. The predicted molar refractivity (Wildman–Crippen MR) is 121 cm³/mol. The molecule has 2 heterocycles. The number of ether oxygens (including phenoxy) is 1. The zero-order chi connectivity index (χ0) is 22.8. The molecular weight excluding hydrogens is 411 g/mol. The van der Waals surface area contributed by atoms with Crippen LogP contribution in [0, 0.1) is 19.7 Å². The smallest absolute Gasteiger partial charge is 0.276 e. The number of fused-ring (bicyclic) bond motifs is 1. The molecule has 0 aliphatic carbocycles. The van der Waals surface area contributed by atoms with E-state index >= 15 is 0 Å². The molecule has 32 heavy (non-hydrogen) atoms. The minimum absolute atomic E-state index is 0.206. The molecule has 0 saturated carbocycles. The molecule has 4 aromatic rings. The van der Waals surface area contributed by atoms with Crippen LogP contribution in [-0.2, 0) is 17.9 Å². The van der Waals surface area contributed by atoms with Gasteiger partial charge in [-0.3, -0.25) is 9.59 Å². The highest BCUT2D eigenvalue weighted by atomic mass is 19.1. The zero-order valence-corrected chi connectivity index (χ0v) is 18.1. The van der Waals surface area contributed by atoms with Crippen LogP contribution in [0.1, 0.15) is 17.0 Å². The SMILES string of the molecule is COc1ccc(NC(=O)Cn2ncc3c(C)n(Cc4ccc(F)cc4)c(C)c3c2=O)cc1. The summed E-state index contributed by atoms with van der Waals surface area (Å²) in [6.07, 6.45) is 1.61. The maximum atomic E-state index is 13.2. The van der Waals surface area contributed by atoms with E-state index in [-0.39, 0.29) is 23.8 Å². The minimum Gasteiger partial charge on any atom is -0.497 e. The highest BCUT2D eigenvalue weighted by Gasteiger charge is 2.17. The Hall–Kier alpha value is -3.94. The van der Waals surface area contributed by atoms with E-state index in [2.05, 4.69) is 10.4 Å². The molecule has 4 rings (SSSR count). The highest BCUT2D eigenvalue weighted by molar-refractivity contribution is 5.91. The molecule has 0 unspecified atom stereocenters. The first kappa shape index (κ1) is 21.3. The molecule has 1 amide bonds. The molecule has 0 atom stereocenters. The fourth-order valence-corrected chi connectivity index (χ4v) is 3.78. The number of aryl methyl sites for hydroxylation is 2. The Morgan fingerprint density at radius 3 is 2.41 bits per heavy atom. The van der Waals surface area contributed by atoms with Crippen molar-refractivity contribution in [2.45, 2.75) is 26.9 Å². The molecule has 0 fully saturated rings. The van der Waals surface area contributed by atoms with Crippen LogP contribution in [0.3, 0.4) is 0 Å². The number of nitrogens with one attached hydrogen (secondary N) is 1. The molecule has 164 valence electrons. The standard InChI is InChI=1S/C24H23FN4O3/c1-15-21-12-26-29(14-22(30)27-19-8-10-20(32-3)11-9-19)24(31)23(21)16(2)28(15)13-17-4-6-18(25)7-5-17/h4-12H,13-14H2,1-3H3,(H,27,30). The van der Waals surface area contributed by atoms with Crippen molar-refractivity contribution < 1.29 is 13.9 Å². The molecule has 0 bridgehead atoms. The van der Waals surface area contributed by atoms with Gasteiger partial charge in [-0.15, -0.1) is 0 Å². The van der Waals surface area contributed by atoms with Gasteiger partial charge in [-0.1, -0.05) is 12.1 Å². The van der Waals surface area contributed by atoms with Crippen LogP contribution in [0.2, 0.25) is 0 Å². The monoisotopic (exact) mass is 434 g/mol. The molecule has 1 N–H and O–H groups in total. The van der Waals surface area contributed by atoms with E-state index in [4.69, 9.17) is 4.74 Å². The van der Waals surface area contributed by atoms with E-state index in [9.17, 15) is 14.0 Å². The Morgan fingerprint density at radius 1 is 1.06 bits per heavy atom. The number of hydrogen-bond acceptors (Lipinski definition) is 4. The molecular formula is C24H23FN4O3. The van der Waals surface area contributed by atoms with Gasteiger partial charge in [0.15, 0.2) is 0 Å². The van der Waals surface area contributed by atoms with Crippen molar-refractivity contribution in [1.82, 2.24) is 14.3 Å². The Labute approximate surface area is 184 Å². The first-order chi connectivity index (χ1) is 15.4. The number of aromatic nitrogens is 3. The Balaban J connectivity index is 1.60. The third-order valence-electron chi connectivity index (χ3n) is 5.53. The van der Waals surface area contributed by atoms with Crippen LogP contribution in [0.15, 0.2) is 59.5 Å². The van der Waals surface area contributed by atoms with Crippen LogP contribution >= 0.6 is 0 Å². The second kappa shape index (κ2) is 8.66. The topological polar surface area (TPSA) is 78.2 Å². The third-order valence-corrected chi connectivity index (χ3v) is 5.53. The third kappa shape index (κ3) is 4.12. The Bertz CT molecular complexity index is 1340. The quantitative estimate of drug-likeness (QED) is 0.503. The van der Waals surface area contributed by atoms with Gasteiger partial charge in [0.1, 0.15) is 18.1 Å². The van der Waals surface area contributed by atoms with Crippen molar-refractivity contribution in [2.75, 3.05) is 12.4 Å². The number of halogens is 1. The highest BCUT2D eigenvalue weighted by Crippen LogP contribution is 2.23. The van der Waals surface area contributed by atoms with Gasteiger partial charge in [0.25, 0.3) is 5.56 Å². The molecule has 0 radical (unpaired) electrons. The molecule has 0 aliphatic heterocycles. The summed E-state index contributed by atoms with van der Waals surface area (Å²) < 4.78 is 21.5. The van der Waals surface area contributed by atoms with Gasteiger partial charge < -0.3 is 14.6 Å². The van der Waals surface area contributed by atoms with Gasteiger partial charge in [-0.2, -0.15) is 5.10 Å². The molecule has 8 heteroatoms. The van der Waals surface area contributed by atoms with Crippen LogP contribution in [0.4, 0.5) is 10.1 Å². The fourth-order valence-electron chi connectivity index (χ4n) is 3.78. The predicted octanol–water partition coefficient (Wildman–Crippen LogP) is 3.65. The summed E-state index contributed by atoms with van der Waals surface area (Å²) in [6.45, 7) is 4.08. The number of amides is 1. The summed E-state index contributed by atoms with van der Waals surface area (Å²) in [5.41, 5.74) is 2.86. The second-order valence-electron chi connectivity index (χ2n) is 7.56. The number of methoxy groups -OCH3 is 1. The normalized spacial score (nSPS) is 11.0. The largest absolute Gasteiger partial charge is 0.497 e. The summed E-state index contributed by atoms with van der Waals surface area (Å²) in [5, 5.41) is 8.23. The lowest BCUT2D eigenvalue weighted by Gasteiger charge is -2.09. The average Bonchev–Trinajstić information content (AvgIpc) is 3.02. The van der Waals surface area contributed by atoms with Crippen molar-refractivity contribution in [3.05, 3.63) is 87.9 Å². The first-order valence-corrected chi connectivity index (χ1v) is 10.1. The van der Waals surface area contributed by atoms with E-state index in [1.165, 1.54) is 12.1 Å². The lowest BCUT2D eigenvalue weighted by atomic mass is 10.2. The molecule has 0 spiro atoms. The van der Waals surface area contributed by atoms with Crippen LogP contribution in [0.25, 0.3) is 10.8 Å². The fraction of sp³-hybridized carbons (Fsp3) is 0.208. The molecule has 0 saturated heterocycles. The average molecular weight is 434 g/mol. The van der Waals surface area contributed by atoms with Gasteiger partial charge in [-0.05, 0) is 55.8 Å². The summed E-state index contributed by atoms with van der Waals surface area (Å²) >= 11 is 0. The van der Waals surface area contributed by atoms with Gasteiger partial charge in [0.2, 0.25) is 5.91 Å². The molecule has 0 aliphatic rings. The van der Waals surface area contributed by atoms with E-state index in [1.54, 1.807) is 49.7 Å². The van der Waals surface area contributed by atoms with E-state index in [0.29, 0.717) is 23.4 Å². The van der Waals surface area contributed by atoms with E-state index in [1.807, 2.05) is 18.4 Å². The molecule has 2 aromatic carbocycles. The Morgan fingerprint density at radius 2 is 1.75 bits per heavy atom. The Kier molecular flexibility index (Phi) is 5.77. The van der Waals surface area contributed by atoms with Gasteiger partial charge in [-0.25, -0.2) is 9.07 Å². The summed E-state index contributed by atoms with van der Waals surface area (Å²) in [5.74, 6) is 0.0337. The number of nitrogens with zero attached hydrogens (tertiary/aromatic N) is 3. The number of carbonyl (C=O) groups excluding carboxylic acids is 1. The minimum atomic E-state index is -0.357. The van der Waals surface area contributed by atoms with Crippen molar-refractivity contribution in [3.63, 3.8) is 0 Å². The summed E-state index contributed by atoms with van der Waals surface area (Å²) in [7, 11) is 1.57. The lowest BCUT2D eigenvalue weighted by Crippen LogP contribution is -2.29. The maximum Gasteiger partial charge on any atom is 0.276 e. The molecule has 7 nitrogen and oxygen atoms in total. The van der Waals surface area contributed by atoms with Gasteiger partial charge in [0, 0.05) is 29.0 Å². The van der Waals surface area contributed by atoms with Crippen molar-refractivity contribution in [1.29, 1.82) is 0 Å². The van der Waals surface area contributed by atoms with E-state index < -0.39 is 0 Å². The van der Waals surface area contributed by atoms with Crippen LogP contribution in [-0.4, -0.2) is 27.4 Å². The van der Waals surface area contributed by atoms with Crippen molar-refractivity contribution >= 4 is 22.4 Å². The lowest BCUT2D eigenvalue weighted by molar-refractivity contribution is -0.117. The van der Waals surface area contributed by atoms with Crippen molar-refractivity contribution in [2.24, 2.45) is 0 Å². The maximum absolute atomic E-state index is 13.2. The zero-order valence-electron chi connectivity index (χ0n) is 18.1. The number of rotatable bonds is 6. The van der Waals surface area contributed by atoms with Crippen LogP contribution < -0.4 is 15.6 Å². The number of hydrogen-bond donors (Lipinski definition) is 1. The van der Waals surface area contributed by atoms with Gasteiger partial charge >= 0.3 is 0 Å².